The van der Waals surface area contributed by atoms with Crippen molar-refractivity contribution in [1.29, 1.82) is 0 Å². The highest BCUT2D eigenvalue weighted by Gasteiger charge is 2.22. The third-order valence-corrected chi connectivity index (χ3v) is 7.94. The smallest absolute Gasteiger partial charge is 0.431 e. The van der Waals surface area contributed by atoms with Crippen molar-refractivity contribution in [1.82, 2.24) is 15.0 Å². The molecule has 4 rings (SSSR count). The van der Waals surface area contributed by atoms with Gasteiger partial charge in [-0.1, -0.05) is 25.7 Å². The first-order valence-corrected chi connectivity index (χ1v) is 14.1. The summed E-state index contributed by atoms with van der Waals surface area (Å²) in [4.78, 5) is 40.6. The Hall–Kier alpha value is -3.47. The average Bonchev–Trinajstić information content (AvgIpc) is 2.90. The monoisotopic (exact) mass is 529 g/mol. The average molecular weight is 530 g/mol. The van der Waals surface area contributed by atoms with Gasteiger partial charge in [0.2, 0.25) is 5.88 Å². The number of hydrogen-bond acceptors (Lipinski definition) is 8. The van der Waals surface area contributed by atoms with E-state index in [-0.39, 0.29) is 34.4 Å². The molecule has 2 aliphatic rings. The van der Waals surface area contributed by atoms with Crippen molar-refractivity contribution < 1.29 is 32.3 Å². The molecule has 2 N–H and O–H groups in total. The highest BCUT2D eigenvalue weighted by Crippen LogP contribution is 2.21. The fourth-order valence-corrected chi connectivity index (χ4v) is 5.52. The molecule has 2 saturated carbocycles. The van der Waals surface area contributed by atoms with Gasteiger partial charge in [0.1, 0.15) is 6.10 Å². The second-order valence-corrected chi connectivity index (χ2v) is 11.1. The summed E-state index contributed by atoms with van der Waals surface area (Å²) in [6, 6.07) is 8.09. The molecule has 2 amide bonds. The van der Waals surface area contributed by atoms with Crippen LogP contribution in [0, 0.1) is 0 Å². The molecule has 1 heterocycles. The highest BCUT2D eigenvalue weighted by atomic mass is 32.2. The third kappa shape index (κ3) is 7.51. The maximum Gasteiger partial charge on any atom is 0.515 e. The van der Waals surface area contributed by atoms with Crippen LogP contribution < -0.4 is 14.8 Å². The van der Waals surface area contributed by atoms with Gasteiger partial charge in [-0.05, 0) is 68.9 Å². The van der Waals surface area contributed by atoms with Gasteiger partial charge < -0.3 is 14.8 Å². The Labute approximate surface area is 216 Å². The minimum absolute atomic E-state index is 0.0416. The molecule has 37 heavy (non-hydrogen) atoms. The number of carbonyl (C=O) groups excluding carboxylic acids is 3. The fourth-order valence-electron chi connectivity index (χ4n) is 4.54. The zero-order valence-electron chi connectivity index (χ0n) is 20.5. The van der Waals surface area contributed by atoms with E-state index in [0.29, 0.717) is 5.56 Å². The van der Waals surface area contributed by atoms with Crippen LogP contribution in [-0.4, -0.2) is 43.5 Å². The van der Waals surface area contributed by atoms with Crippen LogP contribution >= 0.6 is 0 Å². The van der Waals surface area contributed by atoms with Crippen LogP contribution in [0.5, 0.6) is 5.88 Å². The van der Waals surface area contributed by atoms with Crippen LogP contribution in [0.4, 0.5) is 4.79 Å². The molecule has 10 nitrogen and oxygen atoms in total. The van der Waals surface area contributed by atoms with Gasteiger partial charge in [-0.15, -0.1) is 0 Å². The van der Waals surface area contributed by atoms with Crippen LogP contribution in [0.25, 0.3) is 0 Å². The van der Waals surface area contributed by atoms with E-state index in [1.165, 1.54) is 42.8 Å². The molecule has 11 heteroatoms. The minimum atomic E-state index is -4.19. The SMILES string of the molecule is O=C(Oc1ccc(C(=O)NS(=O)(=O)c2ccc(C(=O)NC3CCCCC3)cc2)cn1)OC1CCCCC1. The predicted octanol–water partition coefficient (Wildman–Crippen LogP) is 4.11. The third-order valence-electron chi connectivity index (χ3n) is 6.60. The number of ether oxygens (including phenoxy) is 2. The molecule has 0 unspecified atom stereocenters. The maximum absolute atomic E-state index is 12.7. The molecule has 0 spiro atoms. The lowest BCUT2D eigenvalue weighted by Crippen LogP contribution is -2.36. The molecular formula is C26H31N3O7S. The number of hydrogen-bond donors (Lipinski definition) is 2. The number of nitrogens with one attached hydrogen (secondary N) is 2. The zero-order valence-corrected chi connectivity index (χ0v) is 21.3. The molecule has 2 aliphatic carbocycles. The maximum atomic E-state index is 12.7. The summed E-state index contributed by atoms with van der Waals surface area (Å²) in [5, 5.41) is 2.98. The van der Waals surface area contributed by atoms with Crippen molar-refractivity contribution in [3.05, 3.63) is 53.7 Å². The summed E-state index contributed by atoms with van der Waals surface area (Å²) in [7, 11) is -4.19. The van der Waals surface area contributed by atoms with Crippen LogP contribution in [-0.2, 0) is 14.8 Å². The van der Waals surface area contributed by atoms with Crippen molar-refractivity contribution in [2.24, 2.45) is 0 Å². The molecule has 0 radical (unpaired) electrons. The number of amides is 2. The fraction of sp³-hybridized carbons (Fsp3) is 0.462. The summed E-state index contributed by atoms with van der Waals surface area (Å²) in [5.74, 6) is -1.22. The first-order chi connectivity index (χ1) is 17.8. The summed E-state index contributed by atoms with van der Waals surface area (Å²) < 4.78 is 37.6. The van der Waals surface area contributed by atoms with Gasteiger partial charge in [0.05, 0.1) is 10.5 Å². The Bertz CT molecular complexity index is 1200. The van der Waals surface area contributed by atoms with E-state index < -0.39 is 22.1 Å². The summed E-state index contributed by atoms with van der Waals surface area (Å²) in [5.41, 5.74) is 0.303. The Balaban J connectivity index is 1.30. The molecule has 2 aromatic rings. The van der Waals surface area contributed by atoms with Crippen LogP contribution in [0.2, 0.25) is 0 Å². The topological polar surface area (TPSA) is 141 Å². The molecular weight excluding hydrogens is 498 g/mol. The molecule has 0 aliphatic heterocycles. The van der Waals surface area contributed by atoms with E-state index in [2.05, 4.69) is 10.3 Å². The lowest BCUT2D eigenvalue weighted by molar-refractivity contribution is 0.0407. The Morgan fingerprint density at radius 1 is 0.784 bits per heavy atom. The summed E-state index contributed by atoms with van der Waals surface area (Å²) in [6.45, 7) is 0. The second kappa shape index (κ2) is 12.2. The van der Waals surface area contributed by atoms with E-state index in [4.69, 9.17) is 9.47 Å². The lowest BCUT2D eigenvalue weighted by atomic mass is 9.95. The molecule has 2 fully saturated rings. The summed E-state index contributed by atoms with van der Waals surface area (Å²) >= 11 is 0. The van der Waals surface area contributed by atoms with Gasteiger partial charge in [0.25, 0.3) is 21.8 Å². The standard InChI is InChI=1S/C26H31N3O7S/c30-24(28-20-7-3-1-4-8-20)18-11-14-22(15-12-18)37(33,34)29-25(31)19-13-16-23(27-17-19)36-26(32)35-21-9-5-2-6-10-21/h11-17,20-21H,1-10H2,(H,28,30)(H,29,31). The van der Waals surface area contributed by atoms with Crippen LogP contribution in [0.1, 0.15) is 84.9 Å². The lowest BCUT2D eigenvalue weighted by Gasteiger charge is -2.22. The number of rotatable bonds is 7. The van der Waals surface area contributed by atoms with Crippen LogP contribution in [0.3, 0.4) is 0 Å². The van der Waals surface area contributed by atoms with Gasteiger partial charge in [-0.2, -0.15) is 0 Å². The Kier molecular flexibility index (Phi) is 8.75. The van der Waals surface area contributed by atoms with Gasteiger partial charge >= 0.3 is 6.16 Å². The first kappa shape index (κ1) is 26.6. The van der Waals surface area contributed by atoms with Crippen molar-refractivity contribution in [3.8, 4) is 5.88 Å². The number of carbonyl (C=O) groups is 3. The quantitative estimate of drug-likeness (QED) is 0.511. The molecule has 0 bridgehead atoms. The molecule has 1 aromatic carbocycles. The number of aromatic nitrogens is 1. The van der Waals surface area contributed by atoms with Crippen molar-refractivity contribution in [2.75, 3.05) is 0 Å². The van der Waals surface area contributed by atoms with Crippen molar-refractivity contribution >= 4 is 28.0 Å². The van der Waals surface area contributed by atoms with Gasteiger partial charge in [0.15, 0.2) is 0 Å². The van der Waals surface area contributed by atoms with E-state index in [0.717, 1.165) is 64.0 Å². The minimum Gasteiger partial charge on any atom is -0.431 e. The zero-order chi connectivity index (χ0) is 26.3. The number of sulfonamides is 1. The largest absolute Gasteiger partial charge is 0.515 e. The number of nitrogens with zero attached hydrogens (tertiary/aromatic N) is 1. The van der Waals surface area contributed by atoms with Gasteiger partial charge in [-0.25, -0.2) is 22.9 Å². The van der Waals surface area contributed by atoms with Crippen LogP contribution in [0.15, 0.2) is 47.5 Å². The predicted molar refractivity (Wildman–Crippen MR) is 134 cm³/mol. The number of pyridine rings is 1. The summed E-state index contributed by atoms with van der Waals surface area (Å²) in [6.07, 6.45) is 10.0. The van der Waals surface area contributed by atoms with E-state index in [9.17, 15) is 22.8 Å². The molecule has 0 saturated heterocycles. The molecule has 198 valence electrons. The first-order valence-electron chi connectivity index (χ1n) is 12.6. The van der Waals surface area contributed by atoms with E-state index in [1.807, 2.05) is 4.72 Å². The molecule has 0 atom stereocenters. The highest BCUT2D eigenvalue weighted by molar-refractivity contribution is 7.90. The van der Waals surface area contributed by atoms with Gasteiger partial charge in [-0.3, -0.25) is 9.59 Å². The normalized spacial score (nSPS) is 17.0. The van der Waals surface area contributed by atoms with Gasteiger partial charge in [0, 0.05) is 23.9 Å². The molecule has 1 aromatic heterocycles. The Morgan fingerprint density at radius 2 is 1.41 bits per heavy atom. The Morgan fingerprint density at radius 3 is 2.03 bits per heavy atom. The van der Waals surface area contributed by atoms with E-state index in [1.54, 1.807) is 0 Å². The van der Waals surface area contributed by atoms with Crippen molar-refractivity contribution in [2.45, 2.75) is 81.2 Å². The van der Waals surface area contributed by atoms with E-state index >= 15 is 0 Å². The second-order valence-electron chi connectivity index (χ2n) is 9.38. The number of benzene rings is 1. The van der Waals surface area contributed by atoms with Crippen molar-refractivity contribution in [3.63, 3.8) is 0 Å².